The second-order valence-electron chi connectivity index (χ2n) is 6.64. The van der Waals surface area contributed by atoms with Crippen LogP contribution in [-0.2, 0) is 4.74 Å². The standard InChI is InChI=1S/C17H24ClNO/c1-12-4-3-9-17(10-12)11-19-13(2)16(20-17)14-5-7-15(18)8-6-14/h5-8,12-13,16,19H,3-4,9-11H2,1-2H3. The zero-order valence-electron chi connectivity index (χ0n) is 12.4. The van der Waals surface area contributed by atoms with Gasteiger partial charge in [0.05, 0.1) is 11.7 Å². The number of hydrogen-bond acceptors (Lipinski definition) is 2. The Kier molecular flexibility index (Phi) is 4.07. The number of hydrogen-bond donors (Lipinski definition) is 1. The van der Waals surface area contributed by atoms with Gasteiger partial charge in [-0.1, -0.05) is 43.5 Å². The second-order valence-corrected chi connectivity index (χ2v) is 7.08. The molecule has 2 fully saturated rings. The smallest absolute Gasteiger partial charge is 0.0983 e. The molecule has 0 aromatic heterocycles. The minimum absolute atomic E-state index is 0.0362. The number of rotatable bonds is 1. The van der Waals surface area contributed by atoms with Gasteiger partial charge in [-0.2, -0.15) is 0 Å². The minimum Gasteiger partial charge on any atom is -0.364 e. The monoisotopic (exact) mass is 293 g/mol. The molecule has 1 saturated carbocycles. The Hall–Kier alpha value is -0.570. The molecule has 1 spiro atoms. The molecule has 0 amide bonds. The van der Waals surface area contributed by atoms with E-state index in [-0.39, 0.29) is 11.7 Å². The number of benzene rings is 1. The van der Waals surface area contributed by atoms with Crippen molar-refractivity contribution in [3.8, 4) is 0 Å². The molecule has 3 rings (SSSR count). The van der Waals surface area contributed by atoms with E-state index in [9.17, 15) is 0 Å². The second kappa shape index (κ2) is 5.67. The molecule has 1 aliphatic carbocycles. The molecule has 4 atom stereocenters. The molecule has 1 saturated heterocycles. The molecule has 110 valence electrons. The van der Waals surface area contributed by atoms with Gasteiger partial charge in [0.15, 0.2) is 0 Å². The molecule has 3 heteroatoms. The quantitative estimate of drug-likeness (QED) is 0.832. The normalized spacial score (nSPS) is 38.0. The van der Waals surface area contributed by atoms with Gasteiger partial charge >= 0.3 is 0 Å². The molecule has 4 unspecified atom stereocenters. The molecule has 0 bridgehead atoms. The van der Waals surface area contributed by atoms with E-state index in [4.69, 9.17) is 16.3 Å². The van der Waals surface area contributed by atoms with Gasteiger partial charge < -0.3 is 10.1 Å². The maximum atomic E-state index is 6.62. The Labute approximate surface area is 126 Å². The molecule has 1 aliphatic heterocycles. The zero-order chi connectivity index (χ0) is 14.2. The van der Waals surface area contributed by atoms with Crippen molar-refractivity contribution in [2.24, 2.45) is 5.92 Å². The summed E-state index contributed by atoms with van der Waals surface area (Å²) in [6.07, 6.45) is 5.11. The van der Waals surface area contributed by atoms with Gasteiger partial charge in [-0.15, -0.1) is 0 Å². The molecule has 1 aromatic carbocycles. The van der Waals surface area contributed by atoms with Crippen molar-refractivity contribution < 1.29 is 4.74 Å². The van der Waals surface area contributed by atoms with Crippen molar-refractivity contribution in [3.05, 3.63) is 34.9 Å². The van der Waals surface area contributed by atoms with E-state index in [2.05, 4.69) is 31.3 Å². The van der Waals surface area contributed by atoms with Crippen molar-refractivity contribution in [3.63, 3.8) is 0 Å². The Morgan fingerprint density at radius 1 is 1.25 bits per heavy atom. The van der Waals surface area contributed by atoms with Crippen LogP contribution < -0.4 is 5.32 Å². The average molecular weight is 294 g/mol. The Balaban J connectivity index is 1.81. The topological polar surface area (TPSA) is 21.3 Å². The predicted octanol–water partition coefficient (Wildman–Crippen LogP) is 4.34. The minimum atomic E-state index is 0.0362. The highest BCUT2D eigenvalue weighted by molar-refractivity contribution is 6.30. The van der Waals surface area contributed by atoms with Crippen LogP contribution >= 0.6 is 11.6 Å². The van der Waals surface area contributed by atoms with Crippen molar-refractivity contribution in [2.45, 2.75) is 57.3 Å². The molecular formula is C17H24ClNO. The lowest BCUT2D eigenvalue weighted by atomic mass is 9.77. The largest absolute Gasteiger partial charge is 0.364 e. The van der Waals surface area contributed by atoms with Crippen LogP contribution in [0.3, 0.4) is 0 Å². The van der Waals surface area contributed by atoms with Crippen molar-refractivity contribution in [1.29, 1.82) is 0 Å². The highest BCUT2D eigenvalue weighted by Crippen LogP contribution is 2.41. The Morgan fingerprint density at radius 3 is 2.70 bits per heavy atom. The molecular weight excluding hydrogens is 270 g/mol. The highest BCUT2D eigenvalue weighted by Gasteiger charge is 2.42. The molecule has 2 nitrogen and oxygen atoms in total. The third-order valence-electron chi connectivity index (χ3n) is 4.83. The lowest BCUT2D eigenvalue weighted by molar-refractivity contribution is -0.158. The number of halogens is 1. The van der Waals surface area contributed by atoms with Gasteiger partial charge in [-0.3, -0.25) is 0 Å². The summed E-state index contributed by atoms with van der Waals surface area (Å²) < 4.78 is 6.62. The molecule has 1 N–H and O–H groups in total. The van der Waals surface area contributed by atoms with Gasteiger partial charge in [0, 0.05) is 17.6 Å². The van der Waals surface area contributed by atoms with Crippen molar-refractivity contribution in [2.75, 3.05) is 6.54 Å². The maximum absolute atomic E-state index is 6.62. The summed E-state index contributed by atoms with van der Waals surface area (Å²) in [6.45, 7) is 5.54. The zero-order valence-corrected chi connectivity index (χ0v) is 13.1. The van der Waals surface area contributed by atoms with Crippen LogP contribution in [0.5, 0.6) is 0 Å². The van der Waals surface area contributed by atoms with Gasteiger partial charge in [-0.05, 0) is 43.4 Å². The highest BCUT2D eigenvalue weighted by atomic mass is 35.5. The van der Waals surface area contributed by atoms with Gasteiger partial charge in [0.25, 0.3) is 0 Å². The summed E-state index contributed by atoms with van der Waals surface area (Å²) >= 11 is 5.99. The van der Waals surface area contributed by atoms with Crippen LogP contribution in [0.1, 0.15) is 51.2 Å². The Bertz CT molecular complexity index is 461. The van der Waals surface area contributed by atoms with E-state index >= 15 is 0 Å². The van der Waals surface area contributed by atoms with Gasteiger partial charge in [-0.25, -0.2) is 0 Å². The summed E-state index contributed by atoms with van der Waals surface area (Å²) in [4.78, 5) is 0. The van der Waals surface area contributed by atoms with Crippen LogP contribution in [0.15, 0.2) is 24.3 Å². The van der Waals surface area contributed by atoms with Gasteiger partial charge in [0.1, 0.15) is 0 Å². The van der Waals surface area contributed by atoms with Crippen molar-refractivity contribution in [1.82, 2.24) is 5.32 Å². The molecule has 2 aliphatic rings. The first-order valence-corrected chi connectivity index (χ1v) is 8.12. The first-order valence-electron chi connectivity index (χ1n) is 7.75. The van der Waals surface area contributed by atoms with Crippen LogP contribution in [0, 0.1) is 5.92 Å². The van der Waals surface area contributed by atoms with Gasteiger partial charge in [0.2, 0.25) is 0 Å². The summed E-state index contributed by atoms with van der Waals surface area (Å²) in [6, 6.07) is 8.45. The van der Waals surface area contributed by atoms with E-state index in [1.165, 1.54) is 31.2 Å². The first-order chi connectivity index (χ1) is 9.58. The fraction of sp³-hybridized carbons (Fsp3) is 0.647. The van der Waals surface area contributed by atoms with E-state index in [0.29, 0.717) is 6.04 Å². The number of morpholine rings is 1. The van der Waals surface area contributed by atoms with Crippen molar-refractivity contribution >= 4 is 11.6 Å². The summed E-state index contributed by atoms with van der Waals surface area (Å²) in [7, 11) is 0. The van der Waals surface area contributed by atoms with E-state index < -0.39 is 0 Å². The molecule has 0 radical (unpaired) electrons. The summed E-state index contributed by atoms with van der Waals surface area (Å²) in [5.74, 6) is 0.768. The maximum Gasteiger partial charge on any atom is 0.0983 e. The Morgan fingerprint density at radius 2 is 2.00 bits per heavy atom. The first kappa shape index (κ1) is 14.4. The van der Waals surface area contributed by atoms with E-state index in [1.54, 1.807) is 0 Å². The van der Waals surface area contributed by atoms with Crippen LogP contribution in [-0.4, -0.2) is 18.2 Å². The molecule has 20 heavy (non-hydrogen) atoms. The van der Waals surface area contributed by atoms with Crippen LogP contribution in [0.25, 0.3) is 0 Å². The molecule has 1 aromatic rings. The number of ether oxygens (including phenoxy) is 1. The van der Waals surface area contributed by atoms with E-state index in [1.807, 2.05) is 12.1 Å². The predicted molar refractivity (Wildman–Crippen MR) is 83.1 cm³/mol. The lowest BCUT2D eigenvalue weighted by Crippen LogP contribution is -2.56. The van der Waals surface area contributed by atoms with Crippen LogP contribution in [0.2, 0.25) is 5.02 Å². The lowest BCUT2D eigenvalue weighted by Gasteiger charge is -2.48. The van der Waals surface area contributed by atoms with E-state index in [0.717, 1.165) is 17.5 Å². The fourth-order valence-electron chi connectivity index (χ4n) is 3.76. The summed E-state index contributed by atoms with van der Waals surface area (Å²) in [5, 5.41) is 4.45. The third kappa shape index (κ3) is 2.88. The average Bonchev–Trinajstić information content (AvgIpc) is 2.43. The SMILES string of the molecule is CC1CCCC2(CNC(C)C(c3ccc(Cl)cc3)O2)C1. The van der Waals surface area contributed by atoms with Crippen LogP contribution in [0.4, 0.5) is 0 Å². The fourth-order valence-corrected chi connectivity index (χ4v) is 3.88. The number of nitrogens with one attached hydrogen (secondary N) is 1. The third-order valence-corrected chi connectivity index (χ3v) is 5.08. The summed E-state index contributed by atoms with van der Waals surface area (Å²) in [5.41, 5.74) is 1.26. The molecule has 1 heterocycles.